The molecule has 1 aliphatic heterocycles. The lowest BCUT2D eigenvalue weighted by Gasteiger charge is -2.22. The molecule has 1 saturated heterocycles. The van der Waals surface area contributed by atoms with Crippen LogP contribution in [0.5, 0.6) is 0 Å². The van der Waals surface area contributed by atoms with Crippen molar-refractivity contribution in [2.75, 3.05) is 0 Å². The van der Waals surface area contributed by atoms with Crippen molar-refractivity contribution in [3.63, 3.8) is 0 Å². The van der Waals surface area contributed by atoms with Crippen molar-refractivity contribution < 1.29 is 9.59 Å². The van der Waals surface area contributed by atoms with Gasteiger partial charge in [0, 0.05) is 17.3 Å². The summed E-state index contributed by atoms with van der Waals surface area (Å²) in [6.07, 6.45) is 1.86. The molecule has 5 rings (SSSR count). The number of para-hydroxylation sites is 1. The number of carbonyl (C=O) groups is 2. The first-order valence-electron chi connectivity index (χ1n) is 10.8. The van der Waals surface area contributed by atoms with Crippen LogP contribution in [-0.2, 0) is 16.9 Å². The Balaban J connectivity index is 1.51. The Hall–Kier alpha value is -4.70. The van der Waals surface area contributed by atoms with Gasteiger partial charge in [-0.05, 0) is 36.8 Å². The lowest BCUT2D eigenvalue weighted by atomic mass is 9.91. The van der Waals surface area contributed by atoms with Crippen molar-refractivity contribution >= 4 is 11.9 Å². The van der Waals surface area contributed by atoms with Gasteiger partial charge in [-0.1, -0.05) is 60.7 Å². The second-order valence-corrected chi connectivity index (χ2v) is 8.28. The van der Waals surface area contributed by atoms with Crippen molar-refractivity contribution in [1.82, 2.24) is 20.0 Å². The number of carbonyl (C=O) groups excluding carboxylic acids is 2. The average molecular weight is 447 g/mol. The van der Waals surface area contributed by atoms with Gasteiger partial charge in [-0.25, -0.2) is 9.48 Å². The summed E-state index contributed by atoms with van der Waals surface area (Å²) in [6, 6.07) is 27.6. The third kappa shape index (κ3) is 3.61. The van der Waals surface area contributed by atoms with Gasteiger partial charge in [0.1, 0.15) is 5.54 Å². The van der Waals surface area contributed by atoms with Crippen LogP contribution < -0.4 is 5.32 Å². The zero-order chi connectivity index (χ0) is 23.7. The topological polar surface area (TPSA) is 91.0 Å². The molecule has 3 amide bonds. The van der Waals surface area contributed by atoms with E-state index < -0.39 is 11.6 Å². The molecular formula is C27H21N5O2. The zero-order valence-electron chi connectivity index (χ0n) is 18.5. The van der Waals surface area contributed by atoms with E-state index >= 15 is 0 Å². The standard InChI is InChI=1S/C27H21N5O2/c1-27(22-14-12-19(16-28)13-15-22)25(33)31(26(34)29-27)17-21-18-32(23-10-6-3-7-11-23)30-24(21)20-8-4-2-5-9-20/h2-15,18H,17H2,1H3,(H,29,34)/t27-/m1/s1. The van der Waals surface area contributed by atoms with Crippen LogP contribution in [0.15, 0.2) is 91.1 Å². The molecule has 7 heteroatoms. The van der Waals surface area contributed by atoms with Gasteiger partial charge in [0.05, 0.1) is 29.6 Å². The predicted octanol–water partition coefficient (Wildman–Crippen LogP) is 4.38. The minimum atomic E-state index is -1.21. The van der Waals surface area contributed by atoms with E-state index in [1.54, 1.807) is 35.9 Å². The highest BCUT2D eigenvalue weighted by atomic mass is 16.2. The van der Waals surface area contributed by atoms with Gasteiger partial charge in [-0.3, -0.25) is 9.69 Å². The predicted molar refractivity (Wildman–Crippen MR) is 127 cm³/mol. The van der Waals surface area contributed by atoms with E-state index in [9.17, 15) is 9.59 Å². The Bertz CT molecular complexity index is 1410. The molecular weight excluding hydrogens is 426 g/mol. The Morgan fingerprint density at radius 1 is 0.941 bits per heavy atom. The highest BCUT2D eigenvalue weighted by Gasteiger charge is 2.49. The number of hydrogen-bond acceptors (Lipinski definition) is 4. The van der Waals surface area contributed by atoms with Gasteiger partial charge in [-0.15, -0.1) is 0 Å². The van der Waals surface area contributed by atoms with E-state index in [0.29, 0.717) is 16.8 Å². The highest BCUT2D eigenvalue weighted by molar-refractivity contribution is 6.07. The average Bonchev–Trinajstić information content (AvgIpc) is 3.40. The molecule has 0 unspecified atom stereocenters. The van der Waals surface area contributed by atoms with Crippen LogP contribution >= 0.6 is 0 Å². The molecule has 1 aliphatic rings. The Kier molecular flexibility index (Phi) is 5.19. The van der Waals surface area contributed by atoms with E-state index in [0.717, 1.165) is 16.8 Å². The largest absolute Gasteiger partial charge is 0.325 e. The first-order valence-corrected chi connectivity index (χ1v) is 10.8. The molecule has 3 aromatic carbocycles. The molecule has 1 N–H and O–H groups in total. The van der Waals surface area contributed by atoms with Crippen molar-refractivity contribution in [3.05, 3.63) is 108 Å². The quantitative estimate of drug-likeness (QED) is 0.460. The van der Waals surface area contributed by atoms with Crippen molar-refractivity contribution in [3.8, 4) is 23.0 Å². The maximum absolute atomic E-state index is 13.5. The fourth-order valence-corrected chi connectivity index (χ4v) is 4.16. The van der Waals surface area contributed by atoms with E-state index in [1.165, 1.54) is 4.90 Å². The minimum Gasteiger partial charge on any atom is -0.319 e. The Morgan fingerprint density at radius 2 is 1.59 bits per heavy atom. The number of nitriles is 1. The third-order valence-corrected chi connectivity index (χ3v) is 6.05. The molecule has 0 aliphatic carbocycles. The summed E-state index contributed by atoms with van der Waals surface area (Å²) < 4.78 is 1.76. The molecule has 2 heterocycles. The molecule has 1 atom stereocenters. The number of hydrogen-bond donors (Lipinski definition) is 1. The van der Waals surface area contributed by atoms with Crippen LogP contribution in [0.2, 0.25) is 0 Å². The summed E-state index contributed by atoms with van der Waals surface area (Å²) >= 11 is 0. The minimum absolute atomic E-state index is 0.0770. The molecule has 1 aromatic heterocycles. The first kappa shape index (κ1) is 21.2. The lowest BCUT2D eigenvalue weighted by Crippen LogP contribution is -2.40. The second-order valence-electron chi connectivity index (χ2n) is 8.28. The van der Waals surface area contributed by atoms with Crippen LogP contribution in [0, 0.1) is 11.3 Å². The number of urea groups is 1. The number of nitrogens with one attached hydrogen (secondary N) is 1. The highest BCUT2D eigenvalue weighted by Crippen LogP contribution is 2.32. The zero-order valence-corrected chi connectivity index (χ0v) is 18.5. The van der Waals surface area contributed by atoms with Crippen LogP contribution in [0.4, 0.5) is 4.79 Å². The SMILES string of the molecule is C[C@]1(c2ccc(C#N)cc2)NC(=O)N(Cc2cn(-c3ccccc3)nc2-c2ccccc2)C1=O. The molecule has 0 bridgehead atoms. The van der Waals surface area contributed by atoms with Gasteiger partial charge < -0.3 is 5.32 Å². The monoisotopic (exact) mass is 447 g/mol. The molecule has 0 saturated carbocycles. The number of imide groups is 1. The molecule has 166 valence electrons. The van der Waals surface area contributed by atoms with Crippen molar-refractivity contribution in [2.24, 2.45) is 0 Å². The molecule has 0 radical (unpaired) electrons. The Morgan fingerprint density at radius 3 is 2.24 bits per heavy atom. The lowest BCUT2D eigenvalue weighted by molar-refractivity contribution is -0.131. The number of benzene rings is 3. The van der Waals surface area contributed by atoms with Crippen LogP contribution in [0.1, 0.15) is 23.6 Å². The summed E-state index contributed by atoms with van der Waals surface area (Å²) in [5.74, 6) is -0.353. The first-order chi connectivity index (χ1) is 16.5. The fraction of sp³-hybridized carbons (Fsp3) is 0.111. The summed E-state index contributed by atoms with van der Waals surface area (Å²) in [6.45, 7) is 1.76. The summed E-state index contributed by atoms with van der Waals surface area (Å²) in [5, 5.41) is 16.7. The van der Waals surface area contributed by atoms with Crippen LogP contribution in [0.3, 0.4) is 0 Å². The van der Waals surface area contributed by atoms with Crippen molar-refractivity contribution in [2.45, 2.75) is 19.0 Å². The molecule has 4 aromatic rings. The molecule has 0 spiro atoms. The van der Waals surface area contributed by atoms with Gasteiger partial charge in [-0.2, -0.15) is 10.4 Å². The Labute approximate surface area is 196 Å². The molecule has 7 nitrogen and oxygen atoms in total. The van der Waals surface area contributed by atoms with Gasteiger partial charge in [0.25, 0.3) is 5.91 Å². The maximum atomic E-state index is 13.5. The van der Waals surface area contributed by atoms with E-state index in [2.05, 4.69) is 11.4 Å². The fourth-order valence-electron chi connectivity index (χ4n) is 4.16. The number of amides is 3. The smallest absolute Gasteiger partial charge is 0.319 e. The summed E-state index contributed by atoms with van der Waals surface area (Å²) in [5.41, 5.74) is 3.13. The van der Waals surface area contributed by atoms with Crippen LogP contribution in [-0.4, -0.2) is 26.6 Å². The second kappa shape index (κ2) is 8.34. The van der Waals surface area contributed by atoms with Crippen LogP contribution in [0.25, 0.3) is 16.9 Å². The third-order valence-electron chi connectivity index (χ3n) is 6.05. The molecule has 1 fully saturated rings. The van der Waals surface area contributed by atoms with E-state index in [-0.39, 0.29) is 12.5 Å². The van der Waals surface area contributed by atoms with Crippen molar-refractivity contribution in [1.29, 1.82) is 5.26 Å². The number of nitrogens with zero attached hydrogens (tertiary/aromatic N) is 4. The van der Waals surface area contributed by atoms with E-state index in [1.807, 2.05) is 66.9 Å². The number of rotatable bonds is 5. The number of aromatic nitrogens is 2. The normalized spacial score (nSPS) is 17.5. The maximum Gasteiger partial charge on any atom is 0.325 e. The van der Waals surface area contributed by atoms with E-state index in [4.69, 9.17) is 10.4 Å². The van der Waals surface area contributed by atoms with Gasteiger partial charge in [0.15, 0.2) is 0 Å². The molecule has 34 heavy (non-hydrogen) atoms. The van der Waals surface area contributed by atoms with Gasteiger partial charge >= 0.3 is 6.03 Å². The summed E-state index contributed by atoms with van der Waals surface area (Å²) in [7, 11) is 0. The summed E-state index contributed by atoms with van der Waals surface area (Å²) in [4.78, 5) is 27.6. The van der Waals surface area contributed by atoms with Gasteiger partial charge in [0.2, 0.25) is 0 Å².